The molecule has 4 heteroatoms. The SMILES string of the molecule is C=C1Nc2ccc(N3CCOCC3)cc2C(C)S1.CC. The highest BCUT2D eigenvalue weighted by molar-refractivity contribution is 8.03. The van der Waals surface area contributed by atoms with Crippen LogP contribution in [-0.2, 0) is 4.74 Å². The van der Waals surface area contributed by atoms with Crippen molar-refractivity contribution in [1.82, 2.24) is 0 Å². The maximum Gasteiger partial charge on any atom is 0.0658 e. The number of fused-ring (bicyclic) bond motifs is 1. The highest BCUT2D eigenvalue weighted by Gasteiger charge is 2.21. The molecule has 1 aromatic rings. The third kappa shape index (κ3) is 3.30. The predicted octanol–water partition coefficient (Wildman–Crippen LogP) is 4.24. The van der Waals surface area contributed by atoms with Gasteiger partial charge in [0.05, 0.1) is 18.2 Å². The van der Waals surface area contributed by atoms with Gasteiger partial charge in [-0.15, -0.1) is 11.8 Å². The van der Waals surface area contributed by atoms with Gasteiger partial charge >= 0.3 is 0 Å². The zero-order valence-corrected chi connectivity index (χ0v) is 13.4. The van der Waals surface area contributed by atoms with E-state index < -0.39 is 0 Å². The Balaban J connectivity index is 0.000000704. The number of hydrogen-bond acceptors (Lipinski definition) is 4. The van der Waals surface area contributed by atoms with Crippen LogP contribution >= 0.6 is 11.8 Å². The number of ether oxygens (including phenoxy) is 1. The highest BCUT2D eigenvalue weighted by atomic mass is 32.2. The Labute approximate surface area is 126 Å². The van der Waals surface area contributed by atoms with E-state index in [-0.39, 0.29) is 0 Å². The van der Waals surface area contributed by atoms with Crippen molar-refractivity contribution < 1.29 is 4.74 Å². The maximum absolute atomic E-state index is 5.40. The molecule has 3 rings (SSSR count). The van der Waals surface area contributed by atoms with E-state index in [1.54, 1.807) is 11.8 Å². The molecule has 1 N–H and O–H groups in total. The fourth-order valence-corrected chi connectivity index (χ4v) is 3.39. The first kappa shape index (κ1) is 15.3. The first-order valence-corrected chi connectivity index (χ1v) is 8.21. The molecule has 0 aromatic heterocycles. The lowest BCUT2D eigenvalue weighted by Crippen LogP contribution is -2.36. The van der Waals surface area contributed by atoms with Crippen molar-refractivity contribution in [2.24, 2.45) is 0 Å². The lowest BCUT2D eigenvalue weighted by molar-refractivity contribution is 0.122. The molecule has 1 atom stereocenters. The van der Waals surface area contributed by atoms with Crippen LogP contribution in [0, 0.1) is 0 Å². The molecule has 0 saturated carbocycles. The van der Waals surface area contributed by atoms with Crippen LogP contribution in [-0.4, -0.2) is 26.3 Å². The van der Waals surface area contributed by atoms with Crippen LogP contribution in [0.3, 0.4) is 0 Å². The molecule has 1 aromatic carbocycles. The minimum absolute atomic E-state index is 0.467. The maximum atomic E-state index is 5.40. The van der Waals surface area contributed by atoms with Crippen molar-refractivity contribution in [3.63, 3.8) is 0 Å². The van der Waals surface area contributed by atoms with Crippen molar-refractivity contribution in [3.8, 4) is 0 Å². The van der Waals surface area contributed by atoms with Gasteiger partial charge < -0.3 is 15.0 Å². The molecule has 3 nitrogen and oxygen atoms in total. The van der Waals surface area contributed by atoms with Gasteiger partial charge in [-0.05, 0) is 30.7 Å². The van der Waals surface area contributed by atoms with Gasteiger partial charge in [0, 0.05) is 29.7 Å². The van der Waals surface area contributed by atoms with E-state index in [0.717, 1.165) is 31.3 Å². The fraction of sp³-hybridized carbons (Fsp3) is 0.500. The zero-order valence-electron chi connectivity index (χ0n) is 12.6. The summed E-state index contributed by atoms with van der Waals surface area (Å²) in [6.07, 6.45) is 0. The molecule has 20 heavy (non-hydrogen) atoms. The average Bonchev–Trinajstić information content (AvgIpc) is 2.50. The Morgan fingerprint density at radius 3 is 2.70 bits per heavy atom. The Kier molecular flexibility index (Phi) is 5.38. The Hall–Kier alpha value is -1.13. The lowest BCUT2D eigenvalue weighted by atomic mass is 10.1. The minimum Gasteiger partial charge on any atom is -0.378 e. The summed E-state index contributed by atoms with van der Waals surface area (Å²) in [6.45, 7) is 13.9. The summed E-state index contributed by atoms with van der Waals surface area (Å²) >= 11 is 1.79. The Morgan fingerprint density at radius 1 is 1.30 bits per heavy atom. The Bertz CT molecular complexity index is 470. The van der Waals surface area contributed by atoms with E-state index in [4.69, 9.17) is 4.74 Å². The van der Waals surface area contributed by atoms with Gasteiger partial charge in [0.1, 0.15) is 0 Å². The third-order valence-electron chi connectivity index (χ3n) is 3.44. The zero-order chi connectivity index (χ0) is 14.5. The summed E-state index contributed by atoms with van der Waals surface area (Å²) < 4.78 is 5.40. The number of hydrogen-bond donors (Lipinski definition) is 1. The fourth-order valence-electron chi connectivity index (χ4n) is 2.48. The second-order valence-corrected chi connectivity index (χ2v) is 6.11. The summed E-state index contributed by atoms with van der Waals surface area (Å²) in [4.78, 5) is 2.39. The molecule has 2 aliphatic heterocycles. The first-order valence-electron chi connectivity index (χ1n) is 7.33. The molecular weight excluding hydrogens is 268 g/mol. The van der Waals surface area contributed by atoms with Gasteiger partial charge in [0.2, 0.25) is 0 Å². The van der Waals surface area contributed by atoms with Crippen LogP contribution < -0.4 is 10.2 Å². The summed E-state index contributed by atoms with van der Waals surface area (Å²) in [6, 6.07) is 6.66. The molecule has 0 spiro atoms. The average molecular weight is 292 g/mol. The number of nitrogens with zero attached hydrogens (tertiary/aromatic N) is 1. The number of rotatable bonds is 1. The molecule has 2 heterocycles. The van der Waals surface area contributed by atoms with Crippen molar-refractivity contribution in [2.45, 2.75) is 26.0 Å². The van der Waals surface area contributed by atoms with E-state index in [9.17, 15) is 0 Å². The predicted molar refractivity (Wildman–Crippen MR) is 89.6 cm³/mol. The lowest BCUT2D eigenvalue weighted by Gasteiger charge is -2.31. The van der Waals surface area contributed by atoms with Crippen LogP contribution in [0.25, 0.3) is 0 Å². The number of thioether (sulfide) groups is 1. The van der Waals surface area contributed by atoms with E-state index >= 15 is 0 Å². The molecule has 0 bridgehead atoms. The van der Waals surface area contributed by atoms with Crippen molar-refractivity contribution in [3.05, 3.63) is 35.4 Å². The summed E-state index contributed by atoms with van der Waals surface area (Å²) in [5, 5.41) is 4.85. The van der Waals surface area contributed by atoms with Gasteiger partial charge in [-0.2, -0.15) is 0 Å². The number of nitrogens with one attached hydrogen (secondary N) is 1. The molecule has 1 saturated heterocycles. The van der Waals surface area contributed by atoms with Crippen LogP contribution in [0.1, 0.15) is 31.6 Å². The van der Waals surface area contributed by atoms with Gasteiger partial charge in [-0.1, -0.05) is 20.4 Å². The molecule has 110 valence electrons. The number of anilines is 2. The van der Waals surface area contributed by atoms with Gasteiger partial charge in [-0.3, -0.25) is 0 Å². The van der Waals surface area contributed by atoms with Crippen LogP contribution in [0.2, 0.25) is 0 Å². The number of benzene rings is 1. The topological polar surface area (TPSA) is 24.5 Å². The molecule has 0 aliphatic carbocycles. The second-order valence-electron chi connectivity index (χ2n) is 4.68. The van der Waals surface area contributed by atoms with Crippen molar-refractivity contribution >= 4 is 23.1 Å². The molecule has 1 unspecified atom stereocenters. The summed E-state index contributed by atoms with van der Waals surface area (Å²) in [5.74, 6) is 0. The molecule has 0 radical (unpaired) electrons. The minimum atomic E-state index is 0.467. The quantitative estimate of drug-likeness (QED) is 0.836. The molecular formula is C16H24N2OS. The number of morpholine rings is 1. The normalized spacial score (nSPS) is 21.4. The van der Waals surface area contributed by atoms with Gasteiger partial charge in [0.15, 0.2) is 0 Å². The van der Waals surface area contributed by atoms with Crippen molar-refractivity contribution in [2.75, 3.05) is 36.5 Å². The highest BCUT2D eigenvalue weighted by Crippen LogP contribution is 2.43. The van der Waals surface area contributed by atoms with E-state index in [1.165, 1.54) is 16.9 Å². The van der Waals surface area contributed by atoms with Gasteiger partial charge in [0.25, 0.3) is 0 Å². The van der Waals surface area contributed by atoms with Crippen LogP contribution in [0.4, 0.5) is 11.4 Å². The van der Waals surface area contributed by atoms with Gasteiger partial charge in [-0.25, -0.2) is 0 Å². The van der Waals surface area contributed by atoms with E-state index in [2.05, 4.69) is 41.9 Å². The Morgan fingerprint density at radius 2 is 2.00 bits per heavy atom. The largest absolute Gasteiger partial charge is 0.378 e. The first-order chi connectivity index (χ1) is 9.74. The monoisotopic (exact) mass is 292 g/mol. The van der Waals surface area contributed by atoms with E-state index in [0.29, 0.717) is 5.25 Å². The van der Waals surface area contributed by atoms with Crippen molar-refractivity contribution in [1.29, 1.82) is 0 Å². The summed E-state index contributed by atoms with van der Waals surface area (Å²) in [7, 11) is 0. The van der Waals surface area contributed by atoms with Crippen LogP contribution in [0.15, 0.2) is 29.8 Å². The molecule has 2 aliphatic rings. The molecule has 1 fully saturated rings. The summed E-state index contributed by atoms with van der Waals surface area (Å²) in [5.41, 5.74) is 3.87. The smallest absolute Gasteiger partial charge is 0.0658 e. The van der Waals surface area contributed by atoms with Crippen LogP contribution in [0.5, 0.6) is 0 Å². The molecule has 0 amide bonds. The standard InChI is InChI=1S/C14H18N2OS.C2H6/c1-10-13-9-12(16-5-7-17-8-6-16)3-4-14(13)15-11(2)18-10;1-2/h3-4,9-10,15H,2,5-8H2,1H3;1-2H3. The third-order valence-corrected chi connectivity index (χ3v) is 4.44. The second kappa shape index (κ2) is 7.04. The van der Waals surface area contributed by atoms with E-state index in [1.807, 2.05) is 13.8 Å².